The Bertz CT molecular complexity index is 932. The van der Waals surface area contributed by atoms with E-state index >= 15 is 0 Å². The lowest BCUT2D eigenvalue weighted by molar-refractivity contribution is 0.102. The molecule has 5 nitrogen and oxygen atoms in total. The number of hydrogen-bond acceptors (Lipinski definition) is 4. The van der Waals surface area contributed by atoms with Crippen LogP contribution in [0.4, 0.5) is 5.69 Å². The van der Waals surface area contributed by atoms with Gasteiger partial charge in [-0.05, 0) is 48.5 Å². The monoisotopic (exact) mass is 358 g/mol. The van der Waals surface area contributed by atoms with Crippen molar-refractivity contribution >= 4 is 11.6 Å². The Morgan fingerprint density at radius 3 is 2.26 bits per heavy atom. The Morgan fingerprint density at radius 1 is 0.852 bits per heavy atom. The first kappa shape index (κ1) is 18.0. The van der Waals surface area contributed by atoms with E-state index in [1.807, 2.05) is 42.5 Å². The fourth-order valence-electron chi connectivity index (χ4n) is 2.43. The van der Waals surface area contributed by atoms with Gasteiger partial charge in [0.1, 0.15) is 24.7 Å². The zero-order valence-electron chi connectivity index (χ0n) is 14.6. The van der Waals surface area contributed by atoms with Crippen molar-refractivity contribution in [3.63, 3.8) is 0 Å². The van der Waals surface area contributed by atoms with E-state index in [0.29, 0.717) is 35.8 Å². The van der Waals surface area contributed by atoms with Gasteiger partial charge in [0.05, 0.1) is 17.2 Å². The topological polar surface area (TPSA) is 71.4 Å². The molecule has 3 aromatic rings. The highest BCUT2D eigenvalue weighted by Crippen LogP contribution is 2.20. The second-order valence-corrected chi connectivity index (χ2v) is 5.65. The Hall–Kier alpha value is -3.78. The predicted molar refractivity (Wildman–Crippen MR) is 103 cm³/mol. The van der Waals surface area contributed by atoms with Gasteiger partial charge in [-0.15, -0.1) is 0 Å². The number of nitriles is 1. The van der Waals surface area contributed by atoms with Gasteiger partial charge < -0.3 is 14.8 Å². The molecule has 0 atom stereocenters. The maximum absolute atomic E-state index is 12.6. The highest BCUT2D eigenvalue weighted by molar-refractivity contribution is 6.06. The molecule has 27 heavy (non-hydrogen) atoms. The third-order valence-electron chi connectivity index (χ3n) is 3.76. The standard InChI is InChI=1S/C22H18N2O3/c23-16-17-10-12-18(13-11-17)24-22(25)20-8-4-5-9-21(20)27-15-14-26-19-6-2-1-3-7-19/h1-13H,14-15H2,(H,24,25). The molecule has 0 saturated carbocycles. The largest absolute Gasteiger partial charge is 0.490 e. The lowest BCUT2D eigenvalue weighted by atomic mass is 10.1. The maximum atomic E-state index is 12.6. The Kier molecular flexibility index (Phi) is 6.05. The first-order valence-corrected chi connectivity index (χ1v) is 8.47. The summed E-state index contributed by atoms with van der Waals surface area (Å²) in [6.45, 7) is 0.686. The van der Waals surface area contributed by atoms with Crippen molar-refractivity contribution in [2.45, 2.75) is 0 Å². The Labute approximate surface area is 157 Å². The van der Waals surface area contributed by atoms with Gasteiger partial charge in [0.15, 0.2) is 0 Å². The van der Waals surface area contributed by atoms with Crippen molar-refractivity contribution in [2.75, 3.05) is 18.5 Å². The molecule has 5 heteroatoms. The first-order valence-electron chi connectivity index (χ1n) is 8.47. The molecule has 1 amide bonds. The number of nitrogens with zero attached hydrogens (tertiary/aromatic N) is 1. The van der Waals surface area contributed by atoms with Crippen LogP contribution in [0.15, 0.2) is 78.9 Å². The molecule has 3 rings (SSSR count). The average molecular weight is 358 g/mol. The van der Waals surface area contributed by atoms with Crippen molar-refractivity contribution in [1.29, 1.82) is 5.26 Å². The van der Waals surface area contributed by atoms with Crippen LogP contribution in [0.2, 0.25) is 0 Å². The zero-order chi connectivity index (χ0) is 18.9. The predicted octanol–water partition coefficient (Wildman–Crippen LogP) is 4.27. The van der Waals surface area contributed by atoms with E-state index in [4.69, 9.17) is 14.7 Å². The van der Waals surface area contributed by atoms with Crippen molar-refractivity contribution < 1.29 is 14.3 Å². The summed E-state index contributed by atoms with van der Waals surface area (Å²) in [5.41, 5.74) is 1.58. The van der Waals surface area contributed by atoms with Crippen LogP contribution in [-0.2, 0) is 0 Å². The van der Waals surface area contributed by atoms with E-state index in [0.717, 1.165) is 5.75 Å². The van der Waals surface area contributed by atoms with Crippen LogP contribution in [-0.4, -0.2) is 19.1 Å². The van der Waals surface area contributed by atoms with Crippen LogP contribution in [0.3, 0.4) is 0 Å². The van der Waals surface area contributed by atoms with Crippen molar-refractivity contribution in [1.82, 2.24) is 0 Å². The van der Waals surface area contributed by atoms with Gasteiger partial charge in [0.25, 0.3) is 5.91 Å². The van der Waals surface area contributed by atoms with E-state index < -0.39 is 0 Å². The molecule has 0 fully saturated rings. The summed E-state index contributed by atoms with van der Waals surface area (Å²) in [6.07, 6.45) is 0. The molecule has 134 valence electrons. The van der Waals surface area contributed by atoms with Gasteiger partial charge >= 0.3 is 0 Å². The second kappa shape index (κ2) is 9.07. The number of benzene rings is 3. The third-order valence-corrected chi connectivity index (χ3v) is 3.76. The van der Waals surface area contributed by atoms with Gasteiger partial charge in [-0.2, -0.15) is 5.26 Å². The molecule has 0 aliphatic rings. The zero-order valence-corrected chi connectivity index (χ0v) is 14.6. The quantitative estimate of drug-likeness (QED) is 0.640. The Morgan fingerprint density at radius 2 is 1.52 bits per heavy atom. The van der Waals surface area contributed by atoms with Gasteiger partial charge in [-0.3, -0.25) is 4.79 Å². The normalized spacial score (nSPS) is 9.89. The number of anilines is 1. The van der Waals surface area contributed by atoms with Gasteiger partial charge in [0, 0.05) is 5.69 Å². The molecule has 1 N–H and O–H groups in total. The minimum atomic E-state index is -0.278. The highest BCUT2D eigenvalue weighted by atomic mass is 16.5. The fourth-order valence-corrected chi connectivity index (χ4v) is 2.43. The minimum absolute atomic E-state index is 0.278. The molecular formula is C22H18N2O3. The fraction of sp³-hybridized carbons (Fsp3) is 0.0909. The van der Waals surface area contributed by atoms with Crippen LogP contribution in [0.5, 0.6) is 11.5 Å². The van der Waals surface area contributed by atoms with Crippen LogP contribution < -0.4 is 14.8 Å². The molecule has 3 aromatic carbocycles. The van der Waals surface area contributed by atoms with Crippen molar-refractivity contribution in [3.8, 4) is 17.6 Å². The first-order chi connectivity index (χ1) is 13.3. The molecule has 0 aliphatic carbocycles. The number of amides is 1. The van der Waals surface area contributed by atoms with E-state index in [-0.39, 0.29) is 5.91 Å². The number of nitrogens with one attached hydrogen (secondary N) is 1. The lowest BCUT2D eigenvalue weighted by Crippen LogP contribution is -2.15. The lowest BCUT2D eigenvalue weighted by Gasteiger charge is -2.12. The summed E-state index contributed by atoms with van der Waals surface area (Å²) in [5, 5.41) is 11.6. The van der Waals surface area contributed by atoms with Crippen molar-refractivity contribution in [3.05, 3.63) is 90.0 Å². The number of carbonyl (C=O) groups is 1. The van der Waals surface area contributed by atoms with Crippen LogP contribution >= 0.6 is 0 Å². The molecule has 0 radical (unpaired) electrons. The van der Waals surface area contributed by atoms with E-state index in [1.165, 1.54) is 0 Å². The van der Waals surface area contributed by atoms with Gasteiger partial charge in [-0.1, -0.05) is 30.3 Å². The van der Waals surface area contributed by atoms with Crippen LogP contribution in [0.25, 0.3) is 0 Å². The number of ether oxygens (including phenoxy) is 2. The van der Waals surface area contributed by atoms with Crippen LogP contribution in [0, 0.1) is 11.3 Å². The molecular weight excluding hydrogens is 340 g/mol. The summed E-state index contributed by atoms with van der Waals surface area (Å²) in [4.78, 5) is 12.6. The highest BCUT2D eigenvalue weighted by Gasteiger charge is 2.12. The van der Waals surface area contributed by atoms with Crippen LogP contribution in [0.1, 0.15) is 15.9 Å². The summed E-state index contributed by atoms with van der Waals surface area (Å²) >= 11 is 0. The summed E-state index contributed by atoms with van der Waals surface area (Å²) in [7, 11) is 0. The third kappa shape index (κ3) is 5.10. The average Bonchev–Trinajstić information content (AvgIpc) is 2.73. The minimum Gasteiger partial charge on any atom is -0.490 e. The van der Waals surface area contributed by atoms with E-state index in [1.54, 1.807) is 42.5 Å². The molecule has 0 saturated heterocycles. The number of carbonyl (C=O) groups excluding carboxylic acids is 1. The maximum Gasteiger partial charge on any atom is 0.259 e. The van der Waals surface area contributed by atoms with Crippen molar-refractivity contribution in [2.24, 2.45) is 0 Å². The SMILES string of the molecule is N#Cc1ccc(NC(=O)c2ccccc2OCCOc2ccccc2)cc1. The smallest absolute Gasteiger partial charge is 0.259 e. The number of para-hydroxylation sites is 2. The molecule has 0 aromatic heterocycles. The number of rotatable bonds is 7. The summed E-state index contributed by atoms with van der Waals surface area (Å²) in [6, 6.07) is 25.2. The van der Waals surface area contributed by atoms with Gasteiger partial charge in [-0.25, -0.2) is 0 Å². The molecule has 0 heterocycles. The van der Waals surface area contributed by atoms with E-state index in [9.17, 15) is 4.79 Å². The summed E-state index contributed by atoms with van der Waals surface area (Å²) < 4.78 is 11.3. The second-order valence-electron chi connectivity index (χ2n) is 5.65. The summed E-state index contributed by atoms with van der Waals surface area (Å²) in [5.74, 6) is 0.979. The molecule has 0 unspecified atom stereocenters. The Balaban J connectivity index is 1.59. The van der Waals surface area contributed by atoms with E-state index in [2.05, 4.69) is 5.32 Å². The van der Waals surface area contributed by atoms with Gasteiger partial charge in [0.2, 0.25) is 0 Å². The molecule has 0 bridgehead atoms. The molecule has 0 spiro atoms. The number of hydrogen-bond donors (Lipinski definition) is 1. The molecule has 0 aliphatic heterocycles.